The lowest BCUT2D eigenvalue weighted by Crippen LogP contribution is -2.49. The Morgan fingerprint density at radius 2 is 2.19 bits per heavy atom. The number of carboxylic acids is 1. The molecule has 2 N–H and O–H groups in total. The maximum Gasteiger partial charge on any atom is 0.321 e. The van der Waals surface area contributed by atoms with Gasteiger partial charge in [0.15, 0.2) is 0 Å². The van der Waals surface area contributed by atoms with Crippen LogP contribution in [0.5, 0.6) is 0 Å². The highest BCUT2D eigenvalue weighted by Crippen LogP contribution is 2.30. The smallest absolute Gasteiger partial charge is 0.321 e. The molecule has 0 spiro atoms. The number of rotatable bonds is 3. The van der Waals surface area contributed by atoms with E-state index < -0.39 is 11.4 Å². The number of likely N-dealkylation sites (tertiary alicyclic amines) is 1. The van der Waals surface area contributed by atoms with Crippen molar-refractivity contribution in [3.8, 4) is 0 Å². The van der Waals surface area contributed by atoms with Crippen molar-refractivity contribution in [2.24, 2.45) is 5.41 Å². The second-order valence-corrected chi connectivity index (χ2v) is 6.43. The lowest BCUT2D eigenvalue weighted by atomic mass is 9.82. The number of carboxylic acid groups (broad SMARTS) is 1. The number of carbonyl (C=O) groups is 2. The Hall–Kier alpha value is -1.69. The monoisotopic (exact) mass is 308 g/mol. The first kappa shape index (κ1) is 15.7. The standard InChI is InChI=1S/C15H20N2O3S/c1-15(13(18)19)7-4-8-17(10-15)14(20)16-11-5-3-6-12(9-11)21-2/h3,5-6,9H,4,7-8,10H2,1-2H3,(H,16,20)(H,18,19). The molecule has 1 saturated heterocycles. The number of piperidine rings is 1. The van der Waals surface area contributed by atoms with Crippen molar-refractivity contribution in [2.45, 2.75) is 24.7 Å². The van der Waals surface area contributed by atoms with Gasteiger partial charge in [0.05, 0.1) is 5.41 Å². The lowest BCUT2D eigenvalue weighted by molar-refractivity contribution is -0.150. The average molecular weight is 308 g/mol. The number of hydrogen-bond donors (Lipinski definition) is 2. The van der Waals surface area contributed by atoms with E-state index in [1.165, 1.54) is 0 Å². The average Bonchev–Trinajstić information content (AvgIpc) is 2.47. The van der Waals surface area contributed by atoms with E-state index in [1.807, 2.05) is 30.5 Å². The van der Waals surface area contributed by atoms with E-state index >= 15 is 0 Å². The van der Waals surface area contributed by atoms with Crippen LogP contribution in [0.4, 0.5) is 10.5 Å². The Bertz CT molecular complexity index is 549. The molecule has 2 rings (SSSR count). The Morgan fingerprint density at radius 1 is 1.43 bits per heavy atom. The van der Waals surface area contributed by atoms with Gasteiger partial charge in [-0.05, 0) is 44.2 Å². The highest BCUT2D eigenvalue weighted by Gasteiger charge is 2.39. The fraction of sp³-hybridized carbons (Fsp3) is 0.467. The fourth-order valence-corrected chi connectivity index (χ4v) is 2.95. The highest BCUT2D eigenvalue weighted by molar-refractivity contribution is 7.98. The zero-order chi connectivity index (χ0) is 15.5. The molecule has 0 aliphatic carbocycles. The molecule has 1 fully saturated rings. The number of thioether (sulfide) groups is 1. The summed E-state index contributed by atoms with van der Waals surface area (Å²) in [5.74, 6) is -0.843. The summed E-state index contributed by atoms with van der Waals surface area (Å²) in [6.45, 7) is 2.54. The normalized spacial score (nSPS) is 21.9. The van der Waals surface area contributed by atoms with Crippen LogP contribution < -0.4 is 5.32 Å². The Labute approximate surface area is 128 Å². The molecule has 0 bridgehead atoms. The van der Waals surface area contributed by atoms with Crippen LogP contribution in [-0.2, 0) is 4.79 Å². The number of nitrogens with zero attached hydrogens (tertiary/aromatic N) is 1. The molecule has 6 heteroatoms. The molecule has 1 atom stereocenters. The van der Waals surface area contributed by atoms with Gasteiger partial charge < -0.3 is 15.3 Å². The molecule has 114 valence electrons. The Morgan fingerprint density at radius 3 is 2.86 bits per heavy atom. The molecule has 1 aromatic rings. The van der Waals surface area contributed by atoms with Crippen molar-refractivity contribution in [1.29, 1.82) is 0 Å². The molecule has 1 aliphatic heterocycles. The maximum atomic E-state index is 12.3. The van der Waals surface area contributed by atoms with Crippen LogP contribution in [-0.4, -0.2) is 41.4 Å². The van der Waals surface area contributed by atoms with Crippen molar-refractivity contribution < 1.29 is 14.7 Å². The predicted molar refractivity (Wildman–Crippen MR) is 83.8 cm³/mol. The van der Waals surface area contributed by atoms with Gasteiger partial charge in [0, 0.05) is 23.7 Å². The molecule has 1 aromatic carbocycles. The van der Waals surface area contributed by atoms with E-state index in [1.54, 1.807) is 23.6 Å². The largest absolute Gasteiger partial charge is 0.481 e. The summed E-state index contributed by atoms with van der Waals surface area (Å²) in [4.78, 5) is 26.3. The minimum Gasteiger partial charge on any atom is -0.481 e. The number of benzene rings is 1. The third-order valence-corrected chi connectivity index (χ3v) is 4.55. The minimum absolute atomic E-state index is 0.236. The molecule has 0 aromatic heterocycles. The van der Waals surface area contributed by atoms with Gasteiger partial charge in [-0.15, -0.1) is 11.8 Å². The summed E-state index contributed by atoms with van der Waals surface area (Å²) >= 11 is 1.61. The topological polar surface area (TPSA) is 69.6 Å². The van der Waals surface area contributed by atoms with Gasteiger partial charge in [0.1, 0.15) is 0 Å². The van der Waals surface area contributed by atoms with E-state index in [9.17, 15) is 14.7 Å². The van der Waals surface area contributed by atoms with Crippen LogP contribution in [0.25, 0.3) is 0 Å². The molecule has 1 unspecified atom stereocenters. The molecule has 21 heavy (non-hydrogen) atoms. The molecule has 0 radical (unpaired) electrons. The number of anilines is 1. The molecule has 1 heterocycles. The summed E-state index contributed by atoms with van der Waals surface area (Å²) in [6.07, 6.45) is 3.29. The van der Waals surface area contributed by atoms with Gasteiger partial charge in [-0.3, -0.25) is 4.79 Å². The van der Waals surface area contributed by atoms with E-state index in [2.05, 4.69) is 5.32 Å². The predicted octanol–water partition coefficient (Wildman–Crippen LogP) is 3.13. The molecular formula is C15H20N2O3S. The fourth-order valence-electron chi connectivity index (χ4n) is 2.49. The third-order valence-electron chi connectivity index (χ3n) is 3.82. The first-order valence-corrected chi connectivity index (χ1v) is 8.10. The molecule has 2 amide bonds. The number of nitrogens with one attached hydrogen (secondary N) is 1. The third kappa shape index (κ3) is 3.69. The van der Waals surface area contributed by atoms with Gasteiger partial charge >= 0.3 is 12.0 Å². The van der Waals surface area contributed by atoms with E-state index in [0.29, 0.717) is 19.4 Å². The zero-order valence-electron chi connectivity index (χ0n) is 12.3. The number of amides is 2. The molecule has 0 saturated carbocycles. The van der Waals surface area contributed by atoms with Crippen LogP contribution in [0.3, 0.4) is 0 Å². The zero-order valence-corrected chi connectivity index (χ0v) is 13.1. The summed E-state index contributed by atoms with van der Waals surface area (Å²) < 4.78 is 0. The van der Waals surface area contributed by atoms with Crippen molar-refractivity contribution in [3.63, 3.8) is 0 Å². The Balaban J connectivity index is 2.04. The number of hydrogen-bond acceptors (Lipinski definition) is 3. The first-order chi connectivity index (χ1) is 9.94. The van der Waals surface area contributed by atoms with E-state index in [-0.39, 0.29) is 12.6 Å². The summed E-state index contributed by atoms with van der Waals surface area (Å²) in [6, 6.07) is 7.36. The van der Waals surface area contributed by atoms with Crippen LogP contribution in [0, 0.1) is 5.41 Å². The number of carbonyl (C=O) groups excluding carboxylic acids is 1. The quantitative estimate of drug-likeness (QED) is 0.842. The lowest BCUT2D eigenvalue weighted by Gasteiger charge is -2.37. The van der Waals surface area contributed by atoms with Crippen molar-refractivity contribution in [2.75, 3.05) is 24.7 Å². The highest BCUT2D eigenvalue weighted by atomic mass is 32.2. The van der Waals surface area contributed by atoms with E-state index in [4.69, 9.17) is 0 Å². The van der Waals surface area contributed by atoms with E-state index in [0.717, 1.165) is 10.6 Å². The first-order valence-electron chi connectivity index (χ1n) is 6.88. The summed E-state index contributed by atoms with van der Waals surface area (Å²) in [7, 11) is 0. The van der Waals surface area contributed by atoms with Gasteiger partial charge in [0.25, 0.3) is 0 Å². The maximum absolute atomic E-state index is 12.3. The second kappa shape index (κ2) is 6.39. The van der Waals surface area contributed by atoms with Crippen LogP contribution in [0.15, 0.2) is 29.2 Å². The van der Waals surface area contributed by atoms with Gasteiger partial charge in [-0.1, -0.05) is 6.07 Å². The van der Waals surface area contributed by atoms with Crippen LogP contribution >= 0.6 is 11.8 Å². The van der Waals surface area contributed by atoms with Crippen LogP contribution in [0.2, 0.25) is 0 Å². The van der Waals surface area contributed by atoms with Crippen molar-refractivity contribution in [1.82, 2.24) is 4.90 Å². The van der Waals surface area contributed by atoms with Gasteiger partial charge in [0.2, 0.25) is 0 Å². The van der Waals surface area contributed by atoms with Crippen molar-refractivity contribution >= 4 is 29.4 Å². The van der Waals surface area contributed by atoms with Gasteiger partial charge in [-0.25, -0.2) is 4.79 Å². The number of aliphatic carboxylic acids is 1. The molecule has 1 aliphatic rings. The SMILES string of the molecule is CSc1cccc(NC(=O)N2CCCC(C)(C(=O)O)C2)c1. The summed E-state index contributed by atoms with van der Waals surface area (Å²) in [5, 5.41) is 12.1. The number of urea groups is 1. The van der Waals surface area contributed by atoms with Gasteiger partial charge in [-0.2, -0.15) is 0 Å². The Kier molecular flexibility index (Phi) is 4.77. The van der Waals surface area contributed by atoms with Crippen molar-refractivity contribution in [3.05, 3.63) is 24.3 Å². The molecular weight excluding hydrogens is 288 g/mol. The second-order valence-electron chi connectivity index (χ2n) is 5.55. The summed E-state index contributed by atoms with van der Waals surface area (Å²) in [5.41, 5.74) is -0.120. The minimum atomic E-state index is -0.850. The van der Waals surface area contributed by atoms with Crippen LogP contribution in [0.1, 0.15) is 19.8 Å². The molecule has 5 nitrogen and oxygen atoms in total.